The topological polar surface area (TPSA) is 57.6 Å². The van der Waals surface area contributed by atoms with Crippen LogP contribution in [0.15, 0.2) is 0 Å². The second kappa shape index (κ2) is 5.29. The van der Waals surface area contributed by atoms with Gasteiger partial charge in [-0.3, -0.25) is 9.59 Å². The van der Waals surface area contributed by atoms with Gasteiger partial charge < -0.3 is 10.0 Å². The summed E-state index contributed by atoms with van der Waals surface area (Å²) in [5.41, 5.74) is -0.625. The molecule has 2 rings (SSSR count). The van der Waals surface area contributed by atoms with Crippen molar-refractivity contribution in [3.05, 3.63) is 0 Å². The van der Waals surface area contributed by atoms with Crippen molar-refractivity contribution in [3.63, 3.8) is 0 Å². The third-order valence-corrected chi connectivity index (χ3v) is 4.64. The first kappa shape index (κ1) is 13.4. The lowest BCUT2D eigenvalue weighted by molar-refractivity contribution is -0.149. The molecule has 0 radical (unpaired) electrons. The Morgan fingerprint density at radius 3 is 2.78 bits per heavy atom. The molecule has 1 N–H and O–H groups in total. The Morgan fingerprint density at radius 2 is 2.17 bits per heavy atom. The third kappa shape index (κ3) is 2.25. The van der Waals surface area contributed by atoms with Crippen molar-refractivity contribution in [3.8, 4) is 0 Å². The molecule has 0 spiro atoms. The monoisotopic (exact) mass is 253 g/mol. The lowest BCUT2D eigenvalue weighted by Gasteiger charge is -2.23. The molecule has 1 aliphatic carbocycles. The zero-order valence-electron chi connectivity index (χ0n) is 11.2. The highest BCUT2D eigenvalue weighted by Crippen LogP contribution is 2.48. The Labute approximate surface area is 108 Å². The van der Waals surface area contributed by atoms with Crippen LogP contribution in [0.3, 0.4) is 0 Å². The summed E-state index contributed by atoms with van der Waals surface area (Å²) in [5.74, 6) is -0.363. The summed E-state index contributed by atoms with van der Waals surface area (Å²) >= 11 is 0. The van der Waals surface area contributed by atoms with E-state index in [9.17, 15) is 14.7 Å². The summed E-state index contributed by atoms with van der Waals surface area (Å²) in [6, 6.07) is 0. The van der Waals surface area contributed by atoms with Gasteiger partial charge in [-0.1, -0.05) is 26.2 Å². The van der Waals surface area contributed by atoms with Crippen molar-refractivity contribution >= 4 is 11.9 Å². The number of unbranched alkanes of at least 4 members (excludes halogenated alkanes) is 2. The molecule has 0 bridgehead atoms. The second-order valence-electron chi connectivity index (χ2n) is 5.78. The minimum absolute atomic E-state index is 0.151. The third-order valence-electron chi connectivity index (χ3n) is 4.64. The van der Waals surface area contributed by atoms with E-state index in [0.29, 0.717) is 19.5 Å². The lowest BCUT2D eigenvalue weighted by atomic mass is 9.81. The van der Waals surface area contributed by atoms with E-state index >= 15 is 0 Å². The van der Waals surface area contributed by atoms with Crippen LogP contribution in [0, 0.1) is 11.3 Å². The average Bonchev–Trinajstić information content (AvgIpc) is 2.85. The number of amides is 1. The number of carbonyl (C=O) groups is 2. The van der Waals surface area contributed by atoms with Crippen molar-refractivity contribution in [2.75, 3.05) is 13.1 Å². The van der Waals surface area contributed by atoms with E-state index in [0.717, 1.165) is 38.5 Å². The molecule has 2 atom stereocenters. The molecule has 2 aliphatic rings. The van der Waals surface area contributed by atoms with Crippen LogP contribution in [0.25, 0.3) is 0 Å². The number of fused-ring (bicyclic) bond motifs is 1. The summed E-state index contributed by atoms with van der Waals surface area (Å²) in [4.78, 5) is 25.3. The zero-order chi connectivity index (χ0) is 13.2. The number of hydrogen-bond donors (Lipinski definition) is 1. The van der Waals surface area contributed by atoms with E-state index in [1.807, 2.05) is 0 Å². The molecular weight excluding hydrogens is 230 g/mol. The lowest BCUT2D eigenvalue weighted by Crippen LogP contribution is -2.37. The predicted octanol–water partition coefficient (Wildman–Crippen LogP) is 2.28. The number of carboxylic acids is 1. The van der Waals surface area contributed by atoms with Crippen LogP contribution in [-0.4, -0.2) is 35.0 Å². The molecule has 1 saturated carbocycles. The first-order valence-electron chi connectivity index (χ1n) is 7.11. The molecule has 1 aliphatic heterocycles. The van der Waals surface area contributed by atoms with Crippen LogP contribution >= 0.6 is 0 Å². The van der Waals surface area contributed by atoms with E-state index in [1.165, 1.54) is 0 Å². The molecule has 1 saturated heterocycles. The highest BCUT2D eigenvalue weighted by Gasteiger charge is 2.55. The van der Waals surface area contributed by atoms with Crippen LogP contribution in [0.2, 0.25) is 0 Å². The normalized spacial score (nSPS) is 30.5. The van der Waals surface area contributed by atoms with Gasteiger partial charge in [-0.2, -0.15) is 0 Å². The predicted molar refractivity (Wildman–Crippen MR) is 68.1 cm³/mol. The van der Waals surface area contributed by atoms with E-state index in [2.05, 4.69) is 6.92 Å². The molecule has 4 nitrogen and oxygen atoms in total. The van der Waals surface area contributed by atoms with Crippen LogP contribution < -0.4 is 0 Å². The van der Waals surface area contributed by atoms with Crippen molar-refractivity contribution in [2.45, 2.75) is 51.9 Å². The zero-order valence-corrected chi connectivity index (χ0v) is 11.2. The summed E-state index contributed by atoms with van der Waals surface area (Å²) in [5, 5.41) is 9.45. The molecule has 2 fully saturated rings. The van der Waals surface area contributed by atoms with Gasteiger partial charge in [-0.25, -0.2) is 0 Å². The number of likely N-dealkylation sites (tertiary alicyclic amines) is 1. The smallest absolute Gasteiger partial charge is 0.311 e. The van der Waals surface area contributed by atoms with Crippen molar-refractivity contribution in [1.29, 1.82) is 0 Å². The second-order valence-corrected chi connectivity index (χ2v) is 5.78. The molecule has 102 valence electrons. The van der Waals surface area contributed by atoms with E-state index < -0.39 is 11.4 Å². The highest BCUT2D eigenvalue weighted by molar-refractivity contribution is 5.81. The number of rotatable bonds is 5. The van der Waals surface area contributed by atoms with Crippen LogP contribution in [0.4, 0.5) is 0 Å². The highest BCUT2D eigenvalue weighted by atomic mass is 16.4. The summed E-state index contributed by atoms with van der Waals surface area (Å²) in [6.45, 7) is 3.22. The SMILES string of the molecule is CCCCCC(=O)N1C[C@@H]2CCC[C@@]2(C(=O)O)C1. The first-order valence-corrected chi connectivity index (χ1v) is 7.11. The fourth-order valence-electron chi connectivity index (χ4n) is 3.51. The Bertz CT molecular complexity index is 342. The van der Waals surface area contributed by atoms with Crippen LogP contribution in [0.1, 0.15) is 51.9 Å². The van der Waals surface area contributed by atoms with Crippen LogP contribution in [0.5, 0.6) is 0 Å². The van der Waals surface area contributed by atoms with Gasteiger partial charge in [-0.05, 0) is 25.2 Å². The van der Waals surface area contributed by atoms with Gasteiger partial charge in [0.2, 0.25) is 5.91 Å². The molecule has 18 heavy (non-hydrogen) atoms. The minimum Gasteiger partial charge on any atom is -0.481 e. The quantitative estimate of drug-likeness (QED) is 0.765. The Balaban J connectivity index is 1.95. The van der Waals surface area contributed by atoms with Gasteiger partial charge in [0.05, 0.1) is 5.41 Å². The van der Waals surface area contributed by atoms with Crippen LogP contribution in [-0.2, 0) is 9.59 Å². The van der Waals surface area contributed by atoms with E-state index in [-0.39, 0.29) is 11.8 Å². The molecule has 0 aromatic heterocycles. The standard InChI is InChI=1S/C14H23NO3/c1-2-3-4-7-12(16)15-9-11-6-5-8-14(11,10-15)13(17)18/h11H,2-10H2,1H3,(H,17,18)/t11-,14+/m0/s1. The number of nitrogens with zero attached hydrogens (tertiary/aromatic N) is 1. The van der Waals surface area contributed by atoms with E-state index in [1.54, 1.807) is 4.90 Å². The number of carbonyl (C=O) groups excluding carboxylic acids is 1. The van der Waals surface area contributed by atoms with E-state index in [4.69, 9.17) is 0 Å². The molecule has 0 aromatic carbocycles. The maximum absolute atomic E-state index is 12.0. The number of aliphatic carboxylic acids is 1. The van der Waals surface area contributed by atoms with Gasteiger partial charge in [0.15, 0.2) is 0 Å². The summed E-state index contributed by atoms with van der Waals surface area (Å²) < 4.78 is 0. The number of carboxylic acid groups (broad SMARTS) is 1. The number of hydrogen-bond acceptors (Lipinski definition) is 2. The van der Waals surface area contributed by atoms with Crippen molar-refractivity contribution in [2.24, 2.45) is 11.3 Å². The Kier molecular flexibility index (Phi) is 3.93. The Morgan fingerprint density at radius 1 is 1.39 bits per heavy atom. The molecular formula is C14H23NO3. The van der Waals surface area contributed by atoms with Gasteiger partial charge in [-0.15, -0.1) is 0 Å². The Hall–Kier alpha value is -1.06. The fourth-order valence-corrected chi connectivity index (χ4v) is 3.51. The summed E-state index contributed by atoms with van der Waals surface area (Å²) in [6.07, 6.45) is 6.39. The fraction of sp³-hybridized carbons (Fsp3) is 0.857. The maximum Gasteiger partial charge on any atom is 0.311 e. The molecule has 1 amide bonds. The largest absolute Gasteiger partial charge is 0.481 e. The van der Waals surface area contributed by atoms with Gasteiger partial charge in [0.25, 0.3) is 0 Å². The first-order chi connectivity index (χ1) is 8.60. The minimum atomic E-state index is -0.700. The molecule has 1 heterocycles. The van der Waals surface area contributed by atoms with Gasteiger partial charge in [0, 0.05) is 19.5 Å². The molecule has 0 aromatic rings. The van der Waals surface area contributed by atoms with Gasteiger partial charge >= 0.3 is 5.97 Å². The van der Waals surface area contributed by atoms with Gasteiger partial charge in [0.1, 0.15) is 0 Å². The van der Waals surface area contributed by atoms with Crippen molar-refractivity contribution < 1.29 is 14.7 Å². The summed E-state index contributed by atoms with van der Waals surface area (Å²) in [7, 11) is 0. The molecule has 4 heteroatoms. The average molecular weight is 253 g/mol. The van der Waals surface area contributed by atoms with Crippen molar-refractivity contribution in [1.82, 2.24) is 4.90 Å². The maximum atomic E-state index is 12.0. The molecule has 0 unspecified atom stereocenters.